The van der Waals surface area contributed by atoms with Gasteiger partial charge in [0.05, 0.1) is 16.5 Å². The fourth-order valence-corrected chi connectivity index (χ4v) is 3.70. The van der Waals surface area contributed by atoms with E-state index in [4.69, 9.17) is 5.11 Å². The number of benzene rings is 1. The zero-order valence-electron chi connectivity index (χ0n) is 13.4. The zero-order valence-corrected chi connectivity index (χ0v) is 14.2. The second-order valence-electron chi connectivity index (χ2n) is 5.65. The summed E-state index contributed by atoms with van der Waals surface area (Å²) in [5.74, 6) is -1.15. The van der Waals surface area contributed by atoms with E-state index in [1.807, 2.05) is 37.4 Å². The van der Waals surface area contributed by atoms with Gasteiger partial charge in [0.25, 0.3) is 0 Å². The molecule has 24 heavy (non-hydrogen) atoms. The maximum Gasteiger partial charge on any atom is 0.323 e. The first kappa shape index (κ1) is 16.4. The first-order chi connectivity index (χ1) is 11.4. The van der Waals surface area contributed by atoms with E-state index < -0.39 is 5.97 Å². The lowest BCUT2D eigenvalue weighted by atomic mass is 10.1. The summed E-state index contributed by atoms with van der Waals surface area (Å²) in [5, 5.41) is 11.0. The molecule has 4 nitrogen and oxygen atoms in total. The smallest absolute Gasteiger partial charge is 0.323 e. The van der Waals surface area contributed by atoms with Crippen LogP contribution in [0.4, 0.5) is 4.39 Å². The Balaban J connectivity index is 1.99. The molecule has 0 saturated heterocycles. The van der Waals surface area contributed by atoms with Crippen LogP contribution in [0.1, 0.15) is 28.1 Å². The van der Waals surface area contributed by atoms with E-state index in [1.54, 1.807) is 4.57 Å². The number of nitrogens with zero attached hydrogens (tertiary/aromatic N) is 2. The number of hydrogen-bond acceptors (Lipinski definition) is 3. The number of halogens is 1. The molecule has 3 rings (SSSR count). The first-order valence-electron chi connectivity index (χ1n) is 7.52. The fourth-order valence-electron chi connectivity index (χ4n) is 2.77. The number of carboxylic acids is 1. The van der Waals surface area contributed by atoms with Crippen molar-refractivity contribution in [3.63, 3.8) is 0 Å². The SMILES string of the molecule is C/C(F)=C\c1nc(Cc2cn(CC(=O)O)c3ccccc23)sc1C. The van der Waals surface area contributed by atoms with Crippen LogP contribution < -0.4 is 0 Å². The molecule has 2 aromatic heterocycles. The van der Waals surface area contributed by atoms with Gasteiger partial charge in [0, 0.05) is 28.4 Å². The molecule has 0 radical (unpaired) electrons. The van der Waals surface area contributed by atoms with Gasteiger partial charge in [0.2, 0.25) is 0 Å². The minimum absolute atomic E-state index is 0.0769. The average molecular weight is 344 g/mol. The van der Waals surface area contributed by atoms with Crippen LogP contribution in [0.15, 0.2) is 36.3 Å². The number of rotatable bonds is 5. The molecule has 1 N–H and O–H groups in total. The summed E-state index contributed by atoms with van der Waals surface area (Å²) in [6, 6.07) is 7.72. The van der Waals surface area contributed by atoms with Gasteiger partial charge in [-0.15, -0.1) is 11.3 Å². The van der Waals surface area contributed by atoms with Gasteiger partial charge < -0.3 is 9.67 Å². The van der Waals surface area contributed by atoms with Crippen molar-refractivity contribution in [3.8, 4) is 0 Å². The number of thiazole rings is 1. The molecule has 124 valence electrons. The number of aliphatic carboxylic acids is 1. The van der Waals surface area contributed by atoms with Crippen molar-refractivity contribution in [1.29, 1.82) is 0 Å². The van der Waals surface area contributed by atoms with Crippen molar-refractivity contribution in [2.45, 2.75) is 26.8 Å². The third-order valence-electron chi connectivity index (χ3n) is 3.73. The maximum atomic E-state index is 13.1. The van der Waals surface area contributed by atoms with Crippen molar-refractivity contribution in [1.82, 2.24) is 9.55 Å². The van der Waals surface area contributed by atoms with Crippen LogP contribution in [-0.2, 0) is 17.8 Å². The molecule has 0 aliphatic carbocycles. The van der Waals surface area contributed by atoms with Crippen LogP contribution in [0.25, 0.3) is 17.0 Å². The van der Waals surface area contributed by atoms with E-state index in [0.29, 0.717) is 12.1 Å². The lowest BCUT2D eigenvalue weighted by Crippen LogP contribution is -2.07. The number of fused-ring (bicyclic) bond motifs is 1. The van der Waals surface area contributed by atoms with Crippen molar-refractivity contribution < 1.29 is 14.3 Å². The van der Waals surface area contributed by atoms with E-state index in [0.717, 1.165) is 26.4 Å². The molecule has 0 atom stereocenters. The molecule has 6 heteroatoms. The van der Waals surface area contributed by atoms with E-state index in [-0.39, 0.29) is 12.4 Å². The Labute approximate surface area is 142 Å². The summed E-state index contributed by atoms with van der Waals surface area (Å²) in [4.78, 5) is 16.5. The maximum absolute atomic E-state index is 13.1. The van der Waals surface area contributed by atoms with Gasteiger partial charge >= 0.3 is 5.97 Å². The molecule has 0 unspecified atom stereocenters. The Morgan fingerprint density at radius 2 is 2.17 bits per heavy atom. The molecule has 0 fully saturated rings. The topological polar surface area (TPSA) is 55.1 Å². The quantitative estimate of drug-likeness (QED) is 0.746. The fraction of sp³-hybridized carbons (Fsp3) is 0.222. The molecule has 0 amide bonds. The standard InChI is InChI=1S/C18H17FN2O2S/c1-11(19)7-15-12(2)24-17(20-15)8-13-9-21(10-18(22)23)16-6-4-3-5-14(13)16/h3-7,9H,8,10H2,1-2H3,(H,22,23)/b11-7+. The van der Waals surface area contributed by atoms with Crippen molar-refractivity contribution in [3.05, 3.63) is 57.4 Å². The monoisotopic (exact) mass is 344 g/mol. The summed E-state index contributed by atoms with van der Waals surface area (Å²) >= 11 is 1.53. The van der Waals surface area contributed by atoms with Gasteiger partial charge in [-0.3, -0.25) is 4.79 Å². The minimum Gasteiger partial charge on any atom is -0.480 e. The number of hydrogen-bond donors (Lipinski definition) is 1. The van der Waals surface area contributed by atoms with Gasteiger partial charge in [0.15, 0.2) is 0 Å². The predicted octanol–water partition coefficient (Wildman–Crippen LogP) is 4.41. The van der Waals surface area contributed by atoms with Crippen LogP contribution in [0.2, 0.25) is 0 Å². The highest BCUT2D eigenvalue weighted by atomic mass is 32.1. The normalized spacial score (nSPS) is 12.0. The summed E-state index contributed by atoms with van der Waals surface area (Å²) < 4.78 is 14.8. The second kappa shape index (κ2) is 6.57. The number of aromatic nitrogens is 2. The number of para-hydroxylation sites is 1. The molecular weight excluding hydrogens is 327 g/mol. The van der Waals surface area contributed by atoms with Crippen LogP contribution in [0.3, 0.4) is 0 Å². The Morgan fingerprint density at radius 3 is 2.88 bits per heavy atom. The van der Waals surface area contributed by atoms with Gasteiger partial charge in [0.1, 0.15) is 6.54 Å². The van der Waals surface area contributed by atoms with Gasteiger partial charge in [-0.25, -0.2) is 9.37 Å². The molecular formula is C18H17FN2O2S. The number of aryl methyl sites for hydroxylation is 1. The summed E-state index contributed by atoms with van der Waals surface area (Å²) in [7, 11) is 0. The van der Waals surface area contributed by atoms with Gasteiger partial charge in [-0.2, -0.15) is 0 Å². The molecule has 1 aromatic carbocycles. The molecule has 0 bridgehead atoms. The third-order valence-corrected chi connectivity index (χ3v) is 4.72. The molecule has 0 aliphatic heterocycles. The molecule has 2 heterocycles. The highest BCUT2D eigenvalue weighted by molar-refractivity contribution is 7.11. The highest BCUT2D eigenvalue weighted by Crippen LogP contribution is 2.27. The summed E-state index contributed by atoms with van der Waals surface area (Å²) in [6.07, 6.45) is 3.90. The number of carbonyl (C=O) groups is 1. The van der Waals surface area contributed by atoms with Crippen LogP contribution in [0, 0.1) is 6.92 Å². The zero-order chi connectivity index (χ0) is 17.3. The Hall–Kier alpha value is -2.47. The van der Waals surface area contributed by atoms with Crippen molar-refractivity contribution in [2.24, 2.45) is 0 Å². The second-order valence-corrected chi connectivity index (χ2v) is 6.94. The van der Waals surface area contributed by atoms with Crippen molar-refractivity contribution >= 4 is 34.3 Å². The largest absolute Gasteiger partial charge is 0.480 e. The summed E-state index contributed by atoms with van der Waals surface area (Å²) in [5.41, 5.74) is 2.57. The highest BCUT2D eigenvalue weighted by Gasteiger charge is 2.13. The van der Waals surface area contributed by atoms with E-state index in [1.165, 1.54) is 24.3 Å². The molecule has 0 aliphatic rings. The lowest BCUT2D eigenvalue weighted by Gasteiger charge is -1.99. The van der Waals surface area contributed by atoms with Crippen LogP contribution in [-0.4, -0.2) is 20.6 Å². The van der Waals surface area contributed by atoms with E-state index in [9.17, 15) is 9.18 Å². The predicted molar refractivity (Wildman–Crippen MR) is 94.0 cm³/mol. The number of carboxylic acid groups (broad SMARTS) is 1. The minimum atomic E-state index is -0.877. The van der Waals surface area contributed by atoms with Crippen LogP contribution >= 0.6 is 11.3 Å². The lowest BCUT2D eigenvalue weighted by molar-refractivity contribution is -0.137. The van der Waals surface area contributed by atoms with Crippen LogP contribution in [0.5, 0.6) is 0 Å². The van der Waals surface area contributed by atoms with Gasteiger partial charge in [-0.05, 0) is 31.6 Å². The Morgan fingerprint density at radius 1 is 1.42 bits per heavy atom. The Kier molecular flexibility index (Phi) is 4.49. The average Bonchev–Trinajstić information content (AvgIpc) is 3.00. The van der Waals surface area contributed by atoms with E-state index in [2.05, 4.69) is 4.98 Å². The number of allylic oxidation sites excluding steroid dienone is 1. The third kappa shape index (κ3) is 3.38. The van der Waals surface area contributed by atoms with E-state index >= 15 is 0 Å². The molecule has 3 aromatic rings. The molecule has 0 spiro atoms. The Bertz CT molecular complexity index is 936. The first-order valence-corrected chi connectivity index (χ1v) is 8.34. The summed E-state index contributed by atoms with van der Waals surface area (Å²) in [6.45, 7) is 3.24. The van der Waals surface area contributed by atoms with Gasteiger partial charge in [-0.1, -0.05) is 18.2 Å². The molecule has 0 saturated carbocycles. The van der Waals surface area contributed by atoms with Crippen molar-refractivity contribution in [2.75, 3.05) is 0 Å².